The van der Waals surface area contributed by atoms with Crippen LogP contribution in [0, 0.1) is 6.92 Å². The minimum Gasteiger partial charge on any atom is -0.493 e. The number of ether oxygens (including phenoxy) is 1. The first-order valence-corrected chi connectivity index (χ1v) is 6.25. The van der Waals surface area contributed by atoms with Gasteiger partial charge in [-0.25, -0.2) is 4.79 Å². The molecule has 0 aliphatic heterocycles. The van der Waals surface area contributed by atoms with Crippen LogP contribution in [-0.2, 0) is 4.79 Å². The molecule has 0 spiro atoms. The van der Waals surface area contributed by atoms with E-state index in [1.807, 2.05) is 39.0 Å². The molecule has 0 unspecified atom stereocenters. The molecule has 0 radical (unpaired) electrons. The summed E-state index contributed by atoms with van der Waals surface area (Å²) in [5.41, 5.74) is 2.80. The van der Waals surface area contributed by atoms with Crippen LogP contribution in [0.25, 0.3) is 5.57 Å². The minimum absolute atomic E-state index is 0.572. The molecule has 0 atom stereocenters. The van der Waals surface area contributed by atoms with Gasteiger partial charge in [-0.2, -0.15) is 0 Å². The Kier molecular flexibility index (Phi) is 5.43. The molecule has 0 fully saturated rings. The van der Waals surface area contributed by atoms with E-state index in [0.717, 1.165) is 35.3 Å². The van der Waals surface area contributed by atoms with Gasteiger partial charge >= 0.3 is 5.97 Å². The molecule has 0 bridgehead atoms. The molecule has 0 saturated carbocycles. The summed E-state index contributed by atoms with van der Waals surface area (Å²) in [5, 5.41) is 8.94. The number of carboxylic acid groups (broad SMARTS) is 1. The van der Waals surface area contributed by atoms with Gasteiger partial charge in [-0.15, -0.1) is 0 Å². The van der Waals surface area contributed by atoms with Crippen LogP contribution in [0.3, 0.4) is 0 Å². The Hall–Kier alpha value is -1.77. The fraction of sp³-hybridized carbons (Fsp3) is 0.400. The van der Waals surface area contributed by atoms with Gasteiger partial charge in [0.15, 0.2) is 0 Å². The molecule has 1 N–H and O–H groups in total. The highest BCUT2D eigenvalue weighted by atomic mass is 16.5. The number of rotatable bonds is 6. The summed E-state index contributed by atoms with van der Waals surface area (Å²) in [7, 11) is 0. The predicted octanol–water partition coefficient (Wildman–Crippen LogP) is 3.66. The fourth-order valence-corrected chi connectivity index (χ4v) is 1.88. The van der Waals surface area contributed by atoms with Gasteiger partial charge < -0.3 is 9.84 Å². The van der Waals surface area contributed by atoms with Gasteiger partial charge in [0.25, 0.3) is 0 Å². The average molecular weight is 248 g/mol. The van der Waals surface area contributed by atoms with Crippen molar-refractivity contribution < 1.29 is 14.6 Å². The molecular formula is C15H20O3. The number of allylic oxidation sites excluding steroid dienone is 1. The normalized spacial score (nSPS) is 11.4. The maximum atomic E-state index is 10.9. The van der Waals surface area contributed by atoms with Crippen molar-refractivity contribution in [3.05, 3.63) is 35.4 Å². The summed E-state index contributed by atoms with van der Waals surface area (Å²) in [6, 6.07) is 5.85. The summed E-state index contributed by atoms with van der Waals surface area (Å²) in [6.07, 6.45) is 2.91. The topological polar surface area (TPSA) is 46.5 Å². The van der Waals surface area contributed by atoms with E-state index in [1.54, 1.807) is 0 Å². The van der Waals surface area contributed by atoms with Crippen LogP contribution in [0.5, 0.6) is 5.75 Å². The maximum Gasteiger partial charge on any atom is 0.328 e. The molecule has 0 aliphatic carbocycles. The Morgan fingerprint density at radius 2 is 2.11 bits per heavy atom. The average Bonchev–Trinajstić information content (AvgIpc) is 2.30. The number of aryl methyl sites for hydroxylation is 1. The van der Waals surface area contributed by atoms with E-state index in [-0.39, 0.29) is 0 Å². The molecule has 1 rings (SSSR count). The third-order valence-electron chi connectivity index (χ3n) is 2.60. The van der Waals surface area contributed by atoms with E-state index < -0.39 is 5.97 Å². The Bertz CT molecular complexity index is 447. The molecule has 1 aromatic carbocycles. The second-order valence-corrected chi connectivity index (χ2v) is 4.19. The molecule has 0 heterocycles. The van der Waals surface area contributed by atoms with Gasteiger partial charge in [-0.05, 0) is 38.0 Å². The molecule has 1 aromatic rings. The molecule has 0 aromatic heterocycles. The molecule has 3 heteroatoms. The zero-order valence-electron chi connectivity index (χ0n) is 11.2. The largest absolute Gasteiger partial charge is 0.493 e. The van der Waals surface area contributed by atoms with E-state index in [2.05, 4.69) is 0 Å². The lowest BCUT2D eigenvalue weighted by Gasteiger charge is -2.13. The first kappa shape index (κ1) is 14.3. The summed E-state index contributed by atoms with van der Waals surface area (Å²) >= 11 is 0. The van der Waals surface area contributed by atoms with Gasteiger partial charge in [0.1, 0.15) is 5.75 Å². The summed E-state index contributed by atoms with van der Waals surface area (Å²) in [6.45, 7) is 6.52. The lowest BCUT2D eigenvalue weighted by atomic mass is 9.98. The fourth-order valence-electron chi connectivity index (χ4n) is 1.88. The van der Waals surface area contributed by atoms with E-state index in [4.69, 9.17) is 9.84 Å². The van der Waals surface area contributed by atoms with Crippen LogP contribution >= 0.6 is 0 Å². The third kappa shape index (κ3) is 3.91. The van der Waals surface area contributed by atoms with E-state index in [0.29, 0.717) is 6.61 Å². The highest BCUT2D eigenvalue weighted by molar-refractivity contribution is 5.91. The zero-order chi connectivity index (χ0) is 13.5. The number of carbonyl (C=O) groups is 1. The Morgan fingerprint density at radius 3 is 2.67 bits per heavy atom. The van der Waals surface area contributed by atoms with Crippen molar-refractivity contribution in [2.45, 2.75) is 33.6 Å². The Morgan fingerprint density at radius 1 is 1.39 bits per heavy atom. The van der Waals surface area contributed by atoms with Crippen molar-refractivity contribution in [2.24, 2.45) is 0 Å². The first-order chi connectivity index (χ1) is 8.58. The SMILES string of the molecule is CCC/C(=C\C(=O)O)c1cc(C)ccc1OCC. The first-order valence-electron chi connectivity index (χ1n) is 6.25. The monoisotopic (exact) mass is 248 g/mol. The van der Waals surface area contributed by atoms with Crippen LogP contribution in [0.1, 0.15) is 37.8 Å². The van der Waals surface area contributed by atoms with Crippen LogP contribution in [0.2, 0.25) is 0 Å². The van der Waals surface area contributed by atoms with Crippen molar-refractivity contribution in [3.8, 4) is 5.75 Å². The summed E-state index contributed by atoms with van der Waals surface area (Å²) < 4.78 is 5.57. The van der Waals surface area contributed by atoms with E-state index in [1.165, 1.54) is 6.08 Å². The van der Waals surface area contributed by atoms with Gasteiger partial charge in [0, 0.05) is 11.6 Å². The number of hydrogen-bond acceptors (Lipinski definition) is 2. The lowest BCUT2D eigenvalue weighted by molar-refractivity contribution is -0.131. The van der Waals surface area contributed by atoms with Gasteiger partial charge in [-0.3, -0.25) is 0 Å². The van der Waals surface area contributed by atoms with Crippen LogP contribution in [0.15, 0.2) is 24.3 Å². The maximum absolute atomic E-state index is 10.9. The standard InChI is InChI=1S/C15H20O3/c1-4-6-12(10-15(16)17)13-9-11(3)7-8-14(13)18-5-2/h7-10H,4-6H2,1-3H3,(H,16,17)/b12-10+. The van der Waals surface area contributed by atoms with E-state index in [9.17, 15) is 4.79 Å². The molecule has 0 aliphatic rings. The van der Waals surface area contributed by atoms with Gasteiger partial charge in [0.05, 0.1) is 6.61 Å². The molecule has 18 heavy (non-hydrogen) atoms. The second-order valence-electron chi connectivity index (χ2n) is 4.19. The minimum atomic E-state index is -0.914. The van der Waals surface area contributed by atoms with Gasteiger partial charge in [-0.1, -0.05) is 25.0 Å². The molecule has 98 valence electrons. The molecule has 0 amide bonds. The van der Waals surface area contributed by atoms with Gasteiger partial charge in [0.2, 0.25) is 0 Å². The van der Waals surface area contributed by atoms with Crippen molar-refractivity contribution in [3.63, 3.8) is 0 Å². The quantitative estimate of drug-likeness (QED) is 0.781. The Labute approximate surface area is 108 Å². The third-order valence-corrected chi connectivity index (χ3v) is 2.60. The highest BCUT2D eigenvalue weighted by Gasteiger charge is 2.10. The smallest absolute Gasteiger partial charge is 0.328 e. The number of aliphatic carboxylic acids is 1. The zero-order valence-corrected chi connectivity index (χ0v) is 11.2. The predicted molar refractivity (Wildman–Crippen MR) is 72.9 cm³/mol. The molecular weight excluding hydrogens is 228 g/mol. The number of hydrogen-bond donors (Lipinski definition) is 1. The number of benzene rings is 1. The molecule has 3 nitrogen and oxygen atoms in total. The van der Waals surface area contributed by atoms with E-state index >= 15 is 0 Å². The number of carboxylic acids is 1. The van der Waals surface area contributed by atoms with Crippen LogP contribution in [0.4, 0.5) is 0 Å². The van der Waals surface area contributed by atoms with Crippen molar-refractivity contribution in [1.29, 1.82) is 0 Å². The van der Waals surface area contributed by atoms with Crippen molar-refractivity contribution in [1.82, 2.24) is 0 Å². The summed E-state index contributed by atoms with van der Waals surface area (Å²) in [4.78, 5) is 10.9. The Balaban J connectivity index is 3.24. The lowest BCUT2D eigenvalue weighted by Crippen LogP contribution is -1.99. The van der Waals surface area contributed by atoms with Crippen molar-refractivity contribution >= 4 is 11.5 Å². The second kappa shape index (κ2) is 6.84. The summed E-state index contributed by atoms with van der Waals surface area (Å²) in [5.74, 6) is -0.161. The van der Waals surface area contributed by atoms with Crippen LogP contribution < -0.4 is 4.74 Å². The van der Waals surface area contributed by atoms with Crippen molar-refractivity contribution in [2.75, 3.05) is 6.61 Å². The molecule has 0 saturated heterocycles. The highest BCUT2D eigenvalue weighted by Crippen LogP contribution is 2.30. The van der Waals surface area contributed by atoms with Crippen LogP contribution in [-0.4, -0.2) is 17.7 Å².